The average Bonchev–Trinajstić information content (AvgIpc) is 2.75. The van der Waals surface area contributed by atoms with Gasteiger partial charge in [-0.2, -0.15) is 0 Å². The molecule has 6 heteroatoms. The lowest BCUT2D eigenvalue weighted by molar-refractivity contribution is 0.0922. The molecule has 0 saturated carbocycles. The Balaban J connectivity index is 1.40. The van der Waals surface area contributed by atoms with Crippen molar-refractivity contribution in [3.8, 4) is 5.75 Å². The SMILES string of the molecule is COc1cccc(C(=O)NC2CCN(C(=S)NCCc3ccccc3)CC2)c1. The molecule has 0 atom stereocenters. The topological polar surface area (TPSA) is 53.6 Å². The third kappa shape index (κ3) is 5.70. The van der Waals surface area contributed by atoms with Crippen LogP contribution in [0.1, 0.15) is 28.8 Å². The van der Waals surface area contributed by atoms with Crippen LogP contribution in [-0.2, 0) is 6.42 Å². The van der Waals surface area contributed by atoms with Crippen molar-refractivity contribution in [2.24, 2.45) is 0 Å². The van der Waals surface area contributed by atoms with Crippen molar-refractivity contribution in [1.29, 1.82) is 0 Å². The Morgan fingerprint density at radius 1 is 1.14 bits per heavy atom. The van der Waals surface area contributed by atoms with Gasteiger partial charge in [0.25, 0.3) is 5.91 Å². The van der Waals surface area contributed by atoms with E-state index in [-0.39, 0.29) is 11.9 Å². The molecule has 1 amide bonds. The maximum atomic E-state index is 12.5. The monoisotopic (exact) mass is 397 g/mol. The molecule has 5 nitrogen and oxygen atoms in total. The minimum absolute atomic E-state index is 0.0547. The maximum Gasteiger partial charge on any atom is 0.251 e. The molecule has 1 fully saturated rings. The van der Waals surface area contributed by atoms with Crippen LogP contribution in [0.15, 0.2) is 54.6 Å². The number of amides is 1. The van der Waals surface area contributed by atoms with Crippen molar-refractivity contribution < 1.29 is 9.53 Å². The molecule has 28 heavy (non-hydrogen) atoms. The van der Waals surface area contributed by atoms with Gasteiger partial charge in [0.2, 0.25) is 0 Å². The van der Waals surface area contributed by atoms with Crippen molar-refractivity contribution in [1.82, 2.24) is 15.5 Å². The van der Waals surface area contributed by atoms with Crippen LogP contribution < -0.4 is 15.4 Å². The molecule has 0 radical (unpaired) electrons. The van der Waals surface area contributed by atoms with Crippen molar-refractivity contribution >= 4 is 23.2 Å². The zero-order valence-corrected chi connectivity index (χ0v) is 17.0. The molecular weight excluding hydrogens is 370 g/mol. The zero-order valence-electron chi connectivity index (χ0n) is 16.2. The fourth-order valence-corrected chi connectivity index (χ4v) is 3.61. The molecule has 0 aliphatic carbocycles. The van der Waals surface area contributed by atoms with Crippen LogP contribution in [-0.4, -0.2) is 48.7 Å². The van der Waals surface area contributed by atoms with Crippen molar-refractivity contribution in [2.45, 2.75) is 25.3 Å². The van der Waals surface area contributed by atoms with Crippen molar-refractivity contribution in [3.63, 3.8) is 0 Å². The van der Waals surface area contributed by atoms with Crippen LogP contribution in [0, 0.1) is 0 Å². The Labute approximate surface area is 172 Å². The molecule has 2 N–H and O–H groups in total. The highest BCUT2D eigenvalue weighted by Crippen LogP contribution is 2.15. The number of hydrogen-bond donors (Lipinski definition) is 2. The quantitative estimate of drug-likeness (QED) is 0.734. The Morgan fingerprint density at radius 3 is 2.61 bits per heavy atom. The van der Waals surface area contributed by atoms with Gasteiger partial charge < -0.3 is 20.3 Å². The highest BCUT2D eigenvalue weighted by Gasteiger charge is 2.22. The first-order chi connectivity index (χ1) is 13.7. The van der Waals surface area contributed by atoms with Gasteiger partial charge in [-0.1, -0.05) is 36.4 Å². The van der Waals surface area contributed by atoms with Crippen LogP contribution in [0.3, 0.4) is 0 Å². The Kier molecular flexibility index (Phi) is 7.25. The van der Waals surface area contributed by atoms with Crippen molar-refractivity contribution in [2.75, 3.05) is 26.7 Å². The summed E-state index contributed by atoms with van der Waals surface area (Å²) in [6.45, 7) is 2.52. The number of nitrogens with one attached hydrogen (secondary N) is 2. The van der Waals surface area contributed by atoms with E-state index >= 15 is 0 Å². The van der Waals surface area contributed by atoms with Gasteiger partial charge >= 0.3 is 0 Å². The number of thiocarbonyl (C=S) groups is 1. The molecule has 0 spiro atoms. The first-order valence-corrected chi connectivity index (χ1v) is 10.1. The summed E-state index contributed by atoms with van der Waals surface area (Å²) in [6.07, 6.45) is 2.72. The minimum Gasteiger partial charge on any atom is -0.497 e. The zero-order chi connectivity index (χ0) is 19.8. The predicted molar refractivity (Wildman–Crippen MR) is 116 cm³/mol. The van der Waals surface area contributed by atoms with Gasteiger partial charge in [-0.15, -0.1) is 0 Å². The van der Waals surface area contributed by atoms with Crippen molar-refractivity contribution in [3.05, 3.63) is 65.7 Å². The number of rotatable bonds is 6. The minimum atomic E-state index is -0.0547. The predicted octanol–water partition coefficient (Wildman–Crippen LogP) is 3.01. The van der Waals surface area contributed by atoms with E-state index in [1.807, 2.05) is 18.2 Å². The summed E-state index contributed by atoms with van der Waals surface area (Å²) in [5.74, 6) is 0.635. The third-order valence-electron chi connectivity index (χ3n) is 4.98. The fraction of sp³-hybridized carbons (Fsp3) is 0.364. The molecule has 1 aliphatic rings. The maximum absolute atomic E-state index is 12.5. The lowest BCUT2D eigenvalue weighted by Gasteiger charge is -2.34. The van der Waals surface area contributed by atoms with Crippen LogP contribution in [0.4, 0.5) is 0 Å². The van der Waals surface area contributed by atoms with Gasteiger partial charge in [-0.25, -0.2) is 0 Å². The Hall–Kier alpha value is -2.60. The summed E-state index contributed by atoms with van der Waals surface area (Å²) in [5.41, 5.74) is 1.93. The normalized spacial score (nSPS) is 14.4. The number of carbonyl (C=O) groups is 1. The van der Waals surface area contributed by atoms with Gasteiger partial charge in [-0.3, -0.25) is 4.79 Å². The lowest BCUT2D eigenvalue weighted by Crippen LogP contribution is -2.49. The molecule has 0 aromatic heterocycles. The second-order valence-corrected chi connectivity index (χ2v) is 7.32. The van der Waals surface area contributed by atoms with E-state index in [0.29, 0.717) is 11.3 Å². The van der Waals surface area contributed by atoms with E-state index in [2.05, 4.69) is 39.8 Å². The number of hydrogen-bond acceptors (Lipinski definition) is 3. The van der Waals surface area contributed by atoms with E-state index in [4.69, 9.17) is 17.0 Å². The molecule has 0 unspecified atom stereocenters. The summed E-state index contributed by atoms with van der Waals surface area (Å²) in [6, 6.07) is 17.8. The summed E-state index contributed by atoms with van der Waals surface area (Å²) in [5, 5.41) is 7.28. The van der Waals surface area contributed by atoms with Gasteiger partial charge in [0.15, 0.2) is 5.11 Å². The van der Waals surface area contributed by atoms with Crippen LogP contribution in [0.25, 0.3) is 0 Å². The first kappa shape index (κ1) is 20.1. The molecule has 1 heterocycles. The molecule has 1 saturated heterocycles. The van der Waals surface area contributed by atoms with E-state index in [1.54, 1.807) is 19.2 Å². The average molecular weight is 398 g/mol. The van der Waals surface area contributed by atoms with Gasteiger partial charge in [0.1, 0.15) is 5.75 Å². The first-order valence-electron chi connectivity index (χ1n) is 9.67. The molecule has 0 bridgehead atoms. The van der Waals surface area contributed by atoms with E-state index in [9.17, 15) is 4.79 Å². The smallest absolute Gasteiger partial charge is 0.251 e. The largest absolute Gasteiger partial charge is 0.497 e. The van der Waals surface area contributed by atoms with Gasteiger partial charge in [0.05, 0.1) is 7.11 Å². The highest BCUT2D eigenvalue weighted by molar-refractivity contribution is 7.80. The van der Waals surface area contributed by atoms with Gasteiger partial charge in [-0.05, 0) is 55.2 Å². The number of piperidine rings is 1. The third-order valence-corrected chi connectivity index (χ3v) is 5.38. The second kappa shape index (κ2) is 10.1. The number of methoxy groups -OCH3 is 1. The number of carbonyl (C=O) groups excluding carboxylic acids is 1. The molecule has 2 aromatic carbocycles. The number of likely N-dealkylation sites (tertiary alicyclic amines) is 1. The summed E-state index contributed by atoms with van der Waals surface area (Å²) < 4.78 is 5.19. The molecule has 1 aliphatic heterocycles. The second-order valence-electron chi connectivity index (χ2n) is 6.93. The molecule has 3 rings (SSSR count). The summed E-state index contributed by atoms with van der Waals surface area (Å²) in [4.78, 5) is 14.6. The Morgan fingerprint density at radius 2 is 1.89 bits per heavy atom. The summed E-state index contributed by atoms with van der Waals surface area (Å²) >= 11 is 5.53. The highest BCUT2D eigenvalue weighted by atomic mass is 32.1. The number of nitrogens with zero attached hydrogens (tertiary/aromatic N) is 1. The van der Waals surface area contributed by atoms with Gasteiger partial charge in [0, 0.05) is 31.2 Å². The molecular formula is C22H27N3O2S. The Bertz CT molecular complexity index is 789. The standard InChI is InChI=1S/C22H27N3O2S/c1-27-20-9-5-8-18(16-20)21(26)24-19-11-14-25(15-12-19)22(28)23-13-10-17-6-3-2-4-7-17/h2-9,16,19H,10-15H2,1H3,(H,23,28)(H,24,26). The van der Waals surface area contributed by atoms with E-state index in [1.165, 1.54) is 5.56 Å². The van der Waals surface area contributed by atoms with Crippen LogP contribution in [0.5, 0.6) is 5.75 Å². The molecule has 148 valence electrons. The lowest BCUT2D eigenvalue weighted by atomic mass is 10.0. The van der Waals surface area contributed by atoms with E-state index < -0.39 is 0 Å². The van der Waals surface area contributed by atoms with Crippen LogP contribution in [0.2, 0.25) is 0 Å². The fourth-order valence-electron chi connectivity index (χ4n) is 3.33. The number of ether oxygens (including phenoxy) is 1. The number of benzene rings is 2. The molecule has 2 aromatic rings. The van der Waals surface area contributed by atoms with E-state index in [0.717, 1.165) is 44.0 Å². The summed E-state index contributed by atoms with van der Waals surface area (Å²) in [7, 11) is 1.60. The van der Waals surface area contributed by atoms with Crippen LogP contribution >= 0.6 is 12.2 Å².